The first-order valence-corrected chi connectivity index (χ1v) is 8.52. The van der Waals surface area contributed by atoms with Crippen molar-refractivity contribution in [2.45, 2.75) is 50.9 Å². The number of rotatable bonds is 5. The molecule has 1 saturated carbocycles. The van der Waals surface area contributed by atoms with Crippen molar-refractivity contribution in [3.05, 3.63) is 47.5 Å². The normalized spacial score (nSPS) is 22.1. The van der Waals surface area contributed by atoms with Gasteiger partial charge in [0.1, 0.15) is 18.3 Å². The lowest BCUT2D eigenvalue weighted by atomic mass is 10.0. The molecule has 0 bridgehead atoms. The molecule has 1 fully saturated rings. The maximum atomic E-state index is 10.1. The molecule has 128 valence electrons. The summed E-state index contributed by atoms with van der Waals surface area (Å²) in [7, 11) is 0. The van der Waals surface area contributed by atoms with E-state index in [0.717, 1.165) is 30.5 Å². The summed E-state index contributed by atoms with van der Waals surface area (Å²) in [6, 6.07) is 7.58. The highest BCUT2D eigenvalue weighted by Gasteiger charge is 2.35. The van der Waals surface area contributed by atoms with Crippen LogP contribution in [0.5, 0.6) is 0 Å². The van der Waals surface area contributed by atoms with Crippen LogP contribution in [0, 0.1) is 0 Å². The average Bonchev–Trinajstić information content (AvgIpc) is 3.19. The van der Waals surface area contributed by atoms with Gasteiger partial charge in [-0.3, -0.25) is 0 Å². The number of ether oxygens (including phenoxy) is 1. The Balaban J connectivity index is 1.93. The molecule has 3 rings (SSSR count). The molecule has 2 unspecified atom stereocenters. The number of aromatic nitrogens is 3. The Morgan fingerprint density at radius 2 is 2.08 bits per heavy atom. The Bertz CT molecular complexity index is 696. The van der Waals surface area contributed by atoms with Crippen molar-refractivity contribution in [2.24, 2.45) is 0 Å². The van der Waals surface area contributed by atoms with Crippen molar-refractivity contribution in [2.75, 3.05) is 0 Å². The third kappa shape index (κ3) is 3.86. The van der Waals surface area contributed by atoms with Crippen LogP contribution in [0.2, 0.25) is 5.02 Å². The third-order valence-electron chi connectivity index (χ3n) is 4.32. The Morgan fingerprint density at radius 3 is 2.67 bits per heavy atom. The molecule has 0 radical (unpaired) electrons. The minimum atomic E-state index is -0.636. The number of aliphatic hydroxyl groups excluding tert-OH is 1. The van der Waals surface area contributed by atoms with E-state index in [1.54, 1.807) is 11.0 Å². The van der Waals surface area contributed by atoms with Crippen molar-refractivity contribution in [3.63, 3.8) is 0 Å². The molecule has 1 aromatic heterocycles. The predicted molar refractivity (Wildman–Crippen MR) is 94.5 cm³/mol. The molecule has 1 aliphatic carbocycles. The van der Waals surface area contributed by atoms with Crippen molar-refractivity contribution in [1.82, 2.24) is 14.8 Å². The van der Waals surface area contributed by atoms with Crippen LogP contribution in [-0.2, 0) is 4.74 Å². The highest BCUT2D eigenvalue weighted by atomic mass is 35.5. The first kappa shape index (κ1) is 17.1. The lowest BCUT2D eigenvalue weighted by molar-refractivity contribution is -0.0806. The zero-order valence-electron chi connectivity index (χ0n) is 13.9. The van der Waals surface area contributed by atoms with E-state index in [-0.39, 0.29) is 6.10 Å². The average molecular weight is 348 g/mol. The van der Waals surface area contributed by atoms with Gasteiger partial charge in [0.05, 0.1) is 17.9 Å². The van der Waals surface area contributed by atoms with Crippen LogP contribution in [0.25, 0.3) is 11.8 Å². The summed E-state index contributed by atoms with van der Waals surface area (Å²) in [6.07, 6.45) is 7.24. The van der Waals surface area contributed by atoms with E-state index in [9.17, 15) is 5.11 Å². The molecule has 2 atom stereocenters. The van der Waals surface area contributed by atoms with Gasteiger partial charge in [-0.15, -0.1) is 0 Å². The summed E-state index contributed by atoms with van der Waals surface area (Å²) in [5.74, 6) is 0. The summed E-state index contributed by atoms with van der Waals surface area (Å²) in [6.45, 7) is 3.98. The molecule has 1 aromatic carbocycles. The second-order valence-corrected chi connectivity index (χ2v) is 7.02. The fraction of sp³-hybridized carbons (Fsp3) is 0.444. The summed E-state index contributed by atoms with van der Waals surface area (Å²) in [4.78, 5) is 4.04. The van der Waals surface area contributed by atoms with E-state index in [2.05, 4.69) is 10.1 Å². The van der Waals surface area contributed by atoms with E-state index in [1.807, 2.05) is 44.2 Å². The fourth-order valence-electron chi connectivity index (χ4n) is 3.05. The summed E-state index contributed by atoms with van der Waals surface area (Å²) in [5.41, 5.74) is 1.21. The first-order chi connectivity index (χ1) is 11.5. The topological polar surface area (TPSA) is 60.2 Å². The van der Waals surface area contributed by atoms with Gasteiger partial charge in [-0.25, -0.2) is 9.67 Å². The van der Waals surface area contributed by atoms with Gasteiger partial charge >= 0.3 is 0 Å². The first-order valence-electron chi connectivity index (χ1n) is 8.14. The van der Waals surface area contributed by atoms with Gasteiger partial charge in [0.15, 0.2) is 0 Å². The Labute approximate surface area is 146 Å². The summed E-state index contributed by atoms with van der Waals surface area (Å²) < 4.78 is 7.96. The van der Waals surface area contributed by atoms with E-state index < -0.39 is 11.7 Å². The zero-order valence-corrected chi connectivity index (χ0v) is 14.6. The highest BCUT2D eigenvalue weighted by Crippen LogP contribution is 2.33. The lowest BCUT2D eigenvalue weighted by Crippen LogP contribution is -2.37. The van der Waals surface area contributed by atoms with Crippen LogP contribution >= 0.6 is 11.6 Å². The molecule has 1 aliphatic rings. The SMILES string of the molecule is CC(C)(OC1CCCC1O)/C(=C/c1ccc(Cl)cc1)n1cncn1. The van der Waals surface area contributed by atoms with E-state index >= 15 is 0 Å². The van der Waals surface area contributed by atoms with Gasteiger partial charge in [-0.05, 0) is 56.9 Å². The molecular formula is C18H22ClN3O2. The third-order valence-corrected chi connectivity index (χ3v) is 4.57. The van der Waals surface area contributed by atoms with Crippen LogP contribution in [0.4, 0.5) is 0 Å². The minimum Gasteiger partial charge on any atom is -0.390 e. The van der Waals surface area contributed by atoms with E-state index in [0.29, 0.717) is 5.02 Å². The number of benzene rings is 1. The van der Waals surface area contributed by atoms with Gasteiger partial charge in [0, 0.05) is 5.02 Å². The van der Waals surface area contributed by atoms with Crippen LogP contribution in [0.15, 0.2) is 36.9 Å². The largest absolute Gasteiger partial charge is 0.390 e. The summed E-state index contributed by atoms with van der Waals surface area (Å²) in [5, 5.41) is 15.0. The highest BCUT2D eigenvalue weighted by molar-refractivity contribution is 6.30. The van der Waals surface area contributed by atoms with Gasteiger partial charge in [-0.2, -0.15) is 5.10 Å². The Hall–Kier alpha value is -1.69. The molecule has 1 N–H and O–H groups in total. The maximum Gasteiger partial charge on any atom is 0.138 e. The second-order valence-electron chi connectivity index (χ2n) is 6.59. The van der Waals surface area contributed by atoms with E-state index in [1.165, 1.54) is 6.33 Å². The van der Waals surface area contributed by atoms with Crippen molar-refractivity contribution < 1.29 is 9.84 Å². The van der Waals surface area contributed by atoms with Gasteiger partial charge < -0.3 is 9.84 Å². The molecular weight excluding hydrogens is 326 g/mol. The number of aliphatic hydroxyl groups is 1. The predicted octanol–water partition coefficient (Wildman–Crippen LogP) is 3.64. The molecule has 24 heavy (non-hydrogen) atoms. The zero-order chi connectivity index (χ0) is 17.2. The lowest BCUT2D eigenvalue weighted by Gasteiger charge is -2.32. The number of nitrogens with zero attached hydrogens (tertiary/aromatic N) is 3. The molecule has 2 aromatic rings. The van der Waals surface area contributed by atoms with Crippen LogP contribution in [-0.4, -0.2) is 37.7 Å². The van der Waals surface area contributed by atoms with Crippen molar-refractivity contribution >= 4 is 23.4 Å². The van der Waals surface area contributed by atoms with Crippen LogP contribution in [0.3, 0.4) is 0 Å². The van der Waals surface area contributed by atoms with E-state index in [4.69, 9.17) is 16.3 Å². The van der Waals surface area contributed by atoms with Crippen LogP contribution < -0.4 is 0 Å². The summed E-state index contributed by atoms with van der Waals surface area (Å²) >= 11 is 5.97. The Morgan fingerprint density at radius 1 is 1.33 bits per heavy atom. The quantitative estimate of drug-likeness (QED) is 0.897. The molecule has 0 aliphatic heterocycles. The van der Waals surface area contributed by atoms with Gasteiger partial charge in [0.25, 0.3) is 0 Å². The second kappa shape index (κ2) is 7.05. The van der Waals surface area contributed by atoms with Gasteiger partial charge in [-0.1, -0.05) is 23.7 Å². The molecule has 6 heteroatoms. The standard InChI is InChI=1S/C18H22ClN3O2/c1-18(2,24-16-5-3-4-15(16)23)17(22-12-20-11-21-22)10-13-6-8-14(19)9-7-13/h6-12,15-16,23H,3-5H2,1-2H3/b17-10-. The Kier molecular flexibility index (Phi) is 5.04. The molecule has 0 spiro atoms. The van der Waals surface area contributed by atoms with Crippen molar-refractivity contribution in [3.8, 4) is 0 Å². The van der Waals surface area contributed by atoms with Crippen molar-refractivity contribution in [1.29, 1.82) is 0 Å². The number of hydrogen-bond acceptors (Lipinski definition) is 4. The maximum absolute atomic E-state index is 10.1. The number of halogens is 1. The van der Waals surface area contributed by atoms with Crippen LogP contribution in [0.1, 0.15) is 38.7 Å². The fourth-order valence-corrected chi connectivity index (χ4v) is 3.17. The van der Waals surface area contributed by atoms with Gasteiger partial charge in [0.2, 0.25) is 0 Å². The monoisotopic (exact) mass is 347 g/mol. The molecule has 5 nitrogen and oxygen atoms in total. The smallest absolute Gasteiger partial charge is 0.138 e. The molecule has 0 saturated heterocycles. The number of hydrogen-bond donors (Lipinski definition) is 1. The molecule has 0 amide bonds. The molecule has 1 heterocycles. The minimum absolute atomic E-state index is 0.155.